The van der Waals surface area contributed by atoms with E-state index in [4.69, 9.17) is 9.15 Å². The summed E-state index contributed by atoms with van der Waals surface area (Å²) < 4.78 is 10.8. The van der Waals surface area contributed by atoms with Crippen molar-refractivity contribution in [3.8, 4) is 11.3 Å². The number of carbonyl (C=O) groups is 2. The highest BCUT2D eigenvalue weighted by molar-refractivity contribution is 5.81. The van der Waals surface area contributed by atoms with Crippen molar-refractivity contribution in [1.82, 2.24) is 9.80 Å². The number of aryl methyl sites for hydroxylation is 1. The molecule has 7 nitrogen and oxygen atoms in total. The van der Waals surface area contributed by atoms with Crippen molar-refractivity contribution in [3.05, 3.63) is 41.7 Å². The molecule has 2 aromatic rings. The number of rotatable bonds is 7. The molecule has 1 aromatic carbocycles. The predicted octanol–water partition coefficient (Wildman–Crippen LogP) is 4.74. The fourth-order valence-electron chi connectivity index (χ4n) is 4.94. The van der Waals surface area contributed by atoms with Crippen LogP contribution in [0.4, 0.5) is 10.5 Å². The zero-order valence-corrected chi connectivity index (χ0v) is 19.9. The smallest absolute Gasteiger partial charge is 0.409 e. The van der Waals surface area contributed by atoms with Crippen LogP contribution in [-0.2, 0) is 16.0 Å². The lowest BCUT2D eigenvalue weighted by atomic mass is 9.91. The highest BCUT2D eigenvalue weighted by Gasteiger charge is 2.29. The van der Waals surface area contributed by atoms with Crippen LogP contribution in [0.5, 0.6) is 0 Å². The zero-order valence-electron chi connectivity index (χ0n) is 19.9. The molecule has 2 aliphatic rings. The van der Waals surface area contributed by atoms with Crippen molar-refractivity contribution in [2.75, 3.05) is 45.7 Å². The van der Waals surface area contributed by atoms with Crippen molar-refractivity contribution in [3.63, 3.8) is 0 Å². The van der Waals surface area contributed by atoms with Crippen LogP contribution in [0.25, 0.3) is 11.3 Å². The molecule has 3 heterocycles. The van der Waals surface area contributed by atoms with Crippen molar-refractivity contribution in [1.29, 1.82) is 0 Å². The normalized spacial score (nSPS) is 19.2. The van der Waals surface area contributed by atoms with Crippen LogP contribution in [0.1, 0.15) is 49.7 Å². The molecule has 7 heteroatoms. The summed E-state index contributed by atoms with van der Waals surface area (Å²) in [5.74, 6) is 1.50. The Morgan fingerprint density at radius 1 is 1.18 bits per heavy atom. The first kappa shape index (κ1) is 23.2. The van der Waals surface area contributed by atoms with Gasteiger partial charge in [0.25, 0.3) is 0 Å². The molecule has 2 aliphatic heterocycles. The number of hydrogen-bond acceptors (Lipinski definition) is 5. The van der Waals surface area contributed by atoms with Gasteiger partial charge in [0, 0.05) is 44.5 Å². The summed E-state index contributed by atoms with van der Waals surface area (Å²) in [5.41, 5.74) is 4.56. The van der Waals surface area contributed by atoms with E-state index in [1.54, 1.807) is 4.90 Å². The van der Waals surface area contributed by atoms with E-state index in [9.17, 15) is 9.59 Å². The van der Waals surface area contributed by atoms with E-state index in [1.807, 2.05) is 18.2 Å². The number of nitrogens with zero attached hydrogens (tertiary/aromatic N) is 2. The van der Waals surface area contributed by atoms with Gasteiger partial charge in [0.1, 0.15) is 5.76 Å². The molecule has 0 aliphatic carbocycles. The summed E-state index contributed by atoms with van der Waals surface area (Å²) in [4.78, 5) is 27.6. The van der Waals surface area contributed by atoms with Crippen molar-refractivity contribution in [2.45, 2.75) is 44.9 Å². The minimum Gasteiger partial charge on any atom is -0.464 e. The quantitative estimate of drug-likeness (QED) is 0.656. The van der Waals surface area contributed by atoms with E-state index >= 15 is 0 Å². The third-order valence-corrected chi connectivity index (χ3v) is 7.01. The van der Waals surface area contributed by atoms with Gasteiger partial charge in [-0.05, 0) is 54.9 Å². The van der Waals surface area contributed by atoms with Crippen LogP contribution >= 0.6 is 0 Å². The Balaban J connectivity index is 1.46. The third-order valence-electron chi connectivity index (χ3n) is 7.01. The maximum atomic E-state index is 12.3. The minimum atomic E-state index is -0.250. The number of amides is 2. The summed E-state index contributed by atoms with van der Waals surface area (Å²) in [5, 5.41) is 3.55. The van der Waals surface area contributed by atoms with Gasteiger partial charge in [0.2, 0.25) is 5.91 Å². The number of anilines is 1. The number of hydrogen-bond donors (Lipinski definition) is 1. The monoisotopic (exact) mass is 453 g/mol. The molecule has 1 unspecified atom stereocenters. The maximum absolute atomic E-state index is 12.3. The van der Waals surface area contributed by atoms with E-state index in [0.29, 0.717) is 25.6 Å². The predicted molar refractivity (Wildman–Crippen MR) is 128 cm³/mol. The number of benzene rings is 1. The van der Waals surface area contributed by atoms with Crippen LogP contribution in [0.15, 0.2) is 34.9 Å². The summed E-state index contributed by atoms with van der Waals surface area (Å²) in [6.07, 6.45) is 6.37. The number of carbonyl (C=O) groups excluding carboxylic acids is 2. The second-order valence-corrected chi connectivity index (χ2v) is 9.22. The standard InChI is InChI=1S/C26H35N3O4/c1-4-5-19-6-7-20(14-23(19)27-16-21-8-11-28(2)25(21)30)24-15-22(17-33-24)18-9-12-29(13-10-18)26(31)32-3/h6-7,14-15,17-18,21,27H,4-5,8-13,16H2,1-3H3. The minimum absolute atomic E-state index is 0.0409. The highest BCUT2D eigenvalue weighted by Crippen LogP contribution is 2.34. The molecule has 1 aromatic heterocycles. The molecule has 178 valence electrons. The first-order valence-electron chi connectivity index (χ1n) is 12.0. The topological polar surface area (TPSA) is 75.0 Å². The first-order chi connectivity index (χ1) is 16.0. The third kappa shape index (κ3) is 5.18. The van der Waals surface area contributed by atoms with E-state index < -0.39 is 0 Å². The number of piperidine rings is 1. The number of nitrogens with one attached hydrogen (secondary N) is 1. The molecule has 1 N–H and O–H groups in total. The SMILES string of the molecule is CCCc1ccc(-c2cc(C3CCN(C(=O)OC)CC3)co2)cc1NCC1CCN(C)C1=O. The lowest BCUT2D eigenvalue weighted by molar-refractivity contribution is -0.129. The van der Waals surface area contributed by atoms with Crippen LogP contribution in [0.3, 0.4) is 0 Å². The summed E-state index contributed by atoms with van der Waals surface area (Å²) in [6.45, 7) is 5.07. The van der Waals surface area contributed by atoms with Gasteiger partial charge < -0.3 is 24.3 Å². The van der Waals surface area contributed by atoms with Gasteiger partial charge in [-0.15, -0.1) is 0 Å². The summed E-state index contributed by atoms with van der Waals surface area (Å²) >= 11 is 0. The number of likely N-dealkylation sites (tertiary alicyclic amines) is 2. The zero-order chi connectivity index (χ0) is 23.4. The largest absolute Gasteiger partial charge is 0.464 e. The van der Waals surface area contributed by atoms with E-state index in [1.165, 1.54) is 18.2 Å². The molecule has 4 rings (SSSR count). The summed E-state index contributed by atoms with van der Waals surface area (Å²) in [7, 11) is 3.30. The van der Waals surface area contributed by atoms with E-state index in [-0.39, 0.29) is 17.9 Å². The number of furan rings is 1. The number of ether oxygens (including phenoxy) is 1. The molecule has 2 saturated heterocycles. The fourth-order valence-corrected chi connectivity index (χ4v) is 4.94. The van der Waals surface area contributed by atoms with Gasteiger partial charge in [0.15, 0.2) is 0 Å². The Hall–Kier alpha value is -2.96. The molecule has 1 atom stereocenters. The molecule has 0 saturated carbocycles. The van der Waals surface area contributed by atoms with E-state index in [2.05, 4.69) is 36.5 Å². The van der Waals surface area contributed by atoms with Crippen molar-refractivity contribution >= 4 is 17.7 Å². The van der Waals surface area contributed by atoms with Gasteiger partial charge in [-0.25, -0.2) is 4.79 Å². The van der Waals surface area contributed by atoms with Crippen molar-refractivity contribution in [2.24, 2.45) is 5.92 Å². The van der Waals surface area contributed by atoms with Gasteiger partial charge in [-0.3, -0.25) is 4.79 Å². The van der Waals surface area contributed by atoms with Crippen LogP contribution in [0.2, 0.25) is 0 Å². The average Bonchev–Trinajstić information content (AvgIpc) is 3.46. The highest BCUT2D eigenvalue weighted by atomic mass is 16.5. The van der Waals surface area contributed by atoms with Crippen LogP contribution in [-0.4, -0.2) is 62.1 Å². The van der Waals surface area contributed by atoms with Gasteiger partial charge in [-0.1, -0.05) is 25.5 Å². The lowest BCUT2D eigenvalue weighted by Gasteiger charge is -2.30. The molecular formula is C26H35N3O4. The van der Waals surface area contributed by atoms with E-state index in [0.717, 1.165) is 55.7 Å². The molecule has 0 radical (unpaired) electrons. The second-order valence-electron chi connectivity index (χ2n) is 9.22. The van der Waals surface area contributed by atoms with Crippen LogP contribution in [0, 0.1) is 5.92 Å². The van der Waals surface area contributed by atoms with Crippen molar-refractivity contribution < 1.29 is 18.7 Å². The fraction of sp³-hybridized carbons (Fsp3) is 0.538. The summed E-state index contributed by atoms with van der Waals surface area (Å²) in [6, 6.07) is 8.57. The molecule has 0 spiro atoms. The lowest BCUT2D eigenvalue weighted by Crippen LogP contribution is -2.37. The van der Waals surface area contributed by atoms with Gasteiger partial charge >= 0.3 is 6.09 Å². The second kappa shape index (κ2) is 10.3. The molecule has 33 heavy (non-hydrogen) atoms. The molecular weight excluding hydrogens is 418 g/mol. The van der Waals surface area contributed by atoms with Gasteiger partial charge in [-0.2, -0.15) is 0 Å². The maximum Gasteiger partial charge on any atom is 0.409 e. The Morgan fingerprint density at radius 3 is 2.64 bits per heavy atom. The Labute approximate surface area is 196 Å². The Morgan fingerprint density at radius 2 is 1.97 bits per heavy atom. The molecule has 0 bridgehead atoms. The molecule has 2 fully saturated rings. The molecule has 2 amide bonds. The Kier molecular flexibility index (Phi) is 7.26. The first-order valence-corrected chi connectivity index (χ1v) is 12.0. The average molecular weight is 454 g/mol. The van der Waals surface area contributed by atoms with Gasteiger partial charge in [0.05, 0.1) is 19.3 Å². The number of methoxy groups -OCH3 is 1. The van der Waals surface area contributed by atoms with Crippen LogP contribution < -0.4 is 5.32 Å². The Bertz CT molecular complexity index is 978.